The minimum atomic E-state index is -5.08. The molecule has 32 heavy (non-hydrogen) atoms. The summed E-state index contributed by atoms with van der Waals surface area (Å²) in [4.78, 5) is 20.7. The minimum Gasteiger partial charge on any atom is -0.475 e. The van der Waals surface area contributed by atoms with Crippen molar-refractivity contribution in [2.45, 2.75) is 13.1 Å². The zero-order valence-corrected chi connectivity index (χ0v) is 16.6. The third-order valence-electron chi connectivity index (χ3n) is 4.13. The highest BCUT2D eigenvalue weighted by Gasteiger charge is 2.38. The highest BCUT2D eigenvalue weighted by Crippen LogP contribution is 2.26. The van der Waals surface area contributed by atoms with Crippen molar-refractivity contribution >= 4 is 34.2 Å². The van der Waals surface area contributed by atoms with E-state index in [0.717, 1.165) is 27.9 Å². The number of carbonyl (C=O) groups is 1. The number of H-pyrrole nitrogens is 1. The summed E-state index contributed by atoms with van der Waals surface area (Å²) in [5.41, 5.74) is 9.51. The molecule has 2 aromatic heterocycles. The van der Waals surface area contributed by atoms with Crippen molar-refractivity contribution in [3.63, 3.8) is 0 Å². The summed E-state index contributed by atoms with van der Waals surface area (Å²) >= 11 is 0. The van der Waals surface area contributed by atoms with Crippen LogP contribution in [0.3, 0.4) is 0 Å². The fourth-order valence-electron chi connectivity index (χ4n) is 2.57. The van der Waals surface area contributed by atoms with Gasteiger partial charge >= 0.3 is 12.1 Å². The maximum absolute atomic E-state index is 10.6. The number of aliphatic carboxylic acids is 1. The Hall–Kier alpha value is -4.28. The number of nitrogens with one attached hydrogen (secondary N) is 2. The number of ether oxygens (including phenoxy) is 1. The summed E-state index contributed by atoms with van der Waals surface area (Å²) in [5, 5.41) is 11.4. The molecule has 0 amide bonds. The summed E-state index contributed by atoms with van der Waals surface area (Å²) in [5.74, 6) is -1.12. The van der Waals surface area contributed by atoms with Gasteiger partial charge < -0.3 is 25.9 Å². The fraction of sp³-hybridized carbons (Fsp3) is 0.0952. The number of hydrogen-bond donors (Lipinski definition) is 4. The lowest BCUT2D eigenvalue weighted by Gasteiger charge is -2.10. The standard InChI is InChI=1S/C19H17N5O.C2HF3O2/c1-12-2-3-14(20)11-17(12)23-19-22-9-7-18(24-19)25-15-4-5-16-13(10-15)6-8-21-16;3-2(4,5)1(6)7/h2-11,21H,20H2,1H3,(H,22,23,24);(H,6,7). The SMILES string of the molecule is Cc1ccc(N)cc1Nc1nccc(Oc2ccc3[nH]ccc3c2)n1.O=C(O)C(F)(F)F. The molecule has 0 fully saturated rings. The van der Waals surface area contributed by atoms with Gasteiger partial charge in [0.15, 0.2) is 0 Å². The van der Waals surface area contributed by atoms with E-state index in [-0.39, 0.29) is 0 Å². The number of alkyl halides is 3. The lowest BCUT2D eigenvalue weighted by atomic mass is 10.2. The molecule has 5 N–H and O–H groups in total. The van der Waals surface area contributed by atoms with Gasteiger partial charge in [-0.25, -0.2) is 9.78 Å². The van der Waals surface area contributed by atoms with Crippen LogP contribution in [0, 0.1) is 6.92 Å². The molecule has 4 rings (SSSR count). The topological polar surface area (TPSA) is 126 Å². The van der Waals surface area contributed by atoms with E-state index in [2.05, 4.69) is 20.3 Å². The average Bonchev–Trinajstić information content (AvgIpc) is 3.19. The van der Waals surface area contributed by atoms with Crippen LogP contribution in [-0.4, -0.2) is 32.2 Å². The van der Waals surface area contributed by atoms with E-state index in [1.54, 1.807) is 12.3 Å². The molecule has 0 saturated heterocycles. The lowest BCUT2D eigenvalue weighted by Crippen LogP contribution is -2.21. The van der Waals surface area contributed by atoms with E-state index in [9.17, 15) is 13.2 Å². The van der Waals surface area contributed by atoms with Gasteiger partial charge in [-0.3, -0.25) is 0 Å². The fourth-order valence-corrected chi connectivity index (χ4v) is 2.57. The molecule has 11 heteroatoms. The quantitative estimate of drug-likeness (QED) is 0.325. The number of benzene rings is 2. The van der Waals surface area contributed by atoms with E-state index in [4.69, 9.17) is 20.4 Å². The van der Waals surface area contributed by atoms with Crippen molar-refractivity contribution < 1.29 is 27.8 Å². The maximum atomic E-state index is 10.6. The molecular weight excluding hydrogens is 427 g/mol. The molecule has 0 saturated carbocycles. The Morgan fingerprint density at radius 3 is 2.62 bits per heavy atom. The highest BCUT2D eigenvalue weighted by molar-refractivity contribution is 5.80. The number of nitrogen functional groups attached to an aromatic ring is 1. The van der Waals surface area contributed by atoms with Crippen LogP contribution in [0.1, 0.15) is 5.56 Å². The van der Waals surface area contributed by atoms with E-state index < -0.39 is 12.1 Å². The first-order valence-corrected chi connectivity index (χ1v) is 9.13. The molecular formula is C21H18F3N5O3. The molecule has 0 radical (unpaired) electrons. The zero-order chi connectivity index (χ0) is 23.3. The summed E-state index contributed by atoms with van der Waals surface area (Å²) in [7, 11) is 0. The van der Waals surface area contributed by atoms with E-state index in [0.29, 0.717) is 17.5 Å². The molecule has 0 unspecified atom stereocenters. The van der Waals surface area contributed by atoms with Gasteiger partial charge in [-0.15, -0.1) is 0 Å². The van der Waals surface area contributed by atoms with Crippen molar-refractivity contribution in [2.24, 2.45) is 0 Å². The molecule has 0 atom stereocenters. The minimum absolute atomic E-state index is 0.453. The third kappa shape index (κ3) is 5.88. The largest absolute Gasteiger partial charge is 0.490 e. The number of hydrogen-bond acceptors (Lipinski definition) is 6. The van der Waals surface area contributed by atoms with Crippen LogP contribution in [-0.2, 0) is 4.79 Å². The van der Waals surface area contributed by atoms with Gasteiger partial charge in [-0.2, -0.15) is 18.2 Å². The molecule has 0 aliphatic rings. The van der Waals surface area contributed by atoms with E-state index >= 15 is 0 Å². The van der Waals surface area contributed by atoms with Gasteiger partial charge in [-0.1, -0.05) is 6.07 Å². The monoisotopic (exact) mass is 445 g/mol. The first kappa shape index (κ1) is 22.4. The van der Waals surface area contributed by atoms with Crippen LogP contribution >= 0.6 is 0 Å². The number of anilines is 3. The van der Waals surface area contributed by atoms with Gasteiger partial charge in [-0.05, 0) is 48.9 Å². The summed E-state index contributed by atoms with van der Waals surface area (Å²) in [6, 6.07) is 15.2. The Kier molecular flexibility index (Phi) is 6.47. The van der Waals surface area contributed by atoms with Crippen LogP contribution in [0.2, 0.25) is 0 Å². The molecule has 2 aromatic carbocycles. The Morgan fingerprint density at radius 1 is 1.16 bits per heavy atom. The van der Waals surface area contributed by atoms with Crippen molar-refractivity contribution in [3.8, 4) is 11.6 Å². The number of rotatable bonds is 4. The molecule has 8 nitrogen and oxygen atoms in total. The van der Waals surface area contributed by atoms with Gasteiger partial charge in [0.2, 0.25) is 11.8 Å². The number of nitrogens with two attached hydrogens (primary N) is 1. The summed E-state index contributed by atoms with van der Waals surface area (Å²) < 4.78 is 37.6. The van der Waals surface area contributed by atoms with Crippen LogP contribution in [0.25, 0.3) is 10.9 Å². The van der Waals surface area contributed by atoms with Crippen molar-refractivity contribution in [1.29, 1.82) is 0 Å². The van der Waals surface area contributed by atoms with Crippen molar-refractivity contribution in [1.82, 2.24) is 15.0 Å². The predicted octanol–water partition coefficient (Wildman–Crippen LogP) is 5.02. The van der Waals surface area contributed by atoms with E-state index in [1.807, 2.05) is 55.6 Å². The Bertz CT molecular complexity index is 1240. The molecule has 166 valence electrons. The second-order valence-electron chi connectivity index (χ2n) is 6.55. The number of nitrogens with zero attached hydrogens (tertiary/aromatic N) is 2. The second-order valence-corrected chi connectivity index (χ2v) is 6.55. The smallest absolute Gasteiger partial charge is 0.475 e. The van der Waals surface area contributed by atoms with Crippen LogP contribution in [0.5, 0.6) is 11.6 Å². The molecule has 0 bridgehead atoms. The van der Waals surface area contributed by atoms with Gasteiger partial charge in [0.1, 0.15) is 5.75 Å². The third-order valence-corrected chi connectivity index (χ3v) is 4.13. The maximum Gasteiger partial charge on any atom is 0.490 e. The zero-order valence-electron chi connectivity index (χ0n) is 16.6. The van der Waals surface area contributed by atoms with Gasteiger partial charge in [0, 0.05) is 40.7 Å². The van der Waals surface area contributed by atoms with Gasteiger partial charge in [0.25, 0.3) is 0 Å². The van der Waals surface area contributed by atoms with Crippen LogP contribution in [0.4, 0.5) is 30.5 Å². The van der Waals surface area contributed by atoms with E-state index in [1.165, 1.54) is 0 Å². The Labute approximate surface area is 179 Å². The molecule has 4 aromatic rings. The first-order valence-electron chi connectivity index (χ1n) is 9.13. The second kappa shape index (κ2) is 9.25. The summed E-state index contributed by atoms with van der Waals surface area (Å²) in [6.45, 7) is 1.99. The first-order chi connectivity index (χ1) is 15.1. The Morgan fingerprint density at radius 2 is 1.91 bits per heavy atom. The number of fused-ring (bicyclic) bond motifs is 1. The lowest BCUT2D eigenvalue weighted by molar-refractivity contribution is -0.192. The molecule has 0 spiro atoms. The normalized spacial score (nSPS) is 10.9. The predicted molar refractivity (Wildman–Crippen MR) is 113 cm³/mol. The highest BCUT2D eigenvalue weighted by atomic mass is 19.4. The van der Waals surface area contributed by atoms with Crippen molar-refractivity contribution in [3.05, 3.63) is 66.5 Å². The number of carboxylic acid groups (broad SMARTS) is 1. The van der Waals surface area contributed by atoms with Crippen LogP contribution in [0.15, 0.2) is 60.9 Å². The van der Waals surface area contributed by atoms with Crippen LogP contribution < -0.4 is 15.8 Å². The summed E-state index contributed by atoms with van der Waals surface area (Å²) in [6.07, 6.45) is -1.53. The number of aromatic nitrogens is 3. The number of carboxylic acids is 1. The Balaban J connectivity index is 0.000000360. The van der Waals surface area contributed by atoms with Gasteiger partial charge in [0.05, 0.1) is 0 Å². The molecule has 2 heterocycles. The van der Waals surface area contributed by atoms with Crippen molar-refractivity contribution in [2.75, 3.05) is 11.1 Å². The number of aromatic amines is 1. The molecule has 0 aliphatic heterocycles. The number of halogens is 3. The molecule has 0 aliphatic carbocycles. The number of aryl methyl sites for hydroxylation is 1. The average molecular weight is 445 g/mol.